The summed E-state index contributed by atoms with van der Waals surface area (Å²) in [7, 11) is -0.600. The molecule has 0 saturated carbocycles. The summed E-state index contributed by atoms with van der Waals surface area (Å²) in [4.78, 5) is 15.4. The fourth-order valence-electron chi connectivity index (χ4n) is 2.17. The number of imidazole rings is 1. The predicted octanol–water partition coefficient (Wildman–Crippen LogP) is -0.00620. The molecule has 106 valence electrons. The van der Waals surface area contributed by atoms with Gasteiger partial charge in [-0.1, -0.05) is 0 Å². The second kappa shape index (κ2) is 5.30. The zero-order chi connectivity index (χ0) is 14.0. The van der Waals surface area contributed by atoms with Gasteiger partial charge in [-0.2, -0.15) is 4.31 Å². The van der Waals surface area contributed by atoms with Gasteiger partial charge < -0.3 is 9.30 Å². The number of carbonyl (C=O) groups excluding carboxylic acids is 1. The van der Waals surface area contributed by atoms with Crippen LogP contribution in [0.25, 0.3) is 0 Å². The fourth-order valence-corrected chi connectivity index (χ4v) is 3.66. The average Bonchev–Trinajstić information content (AvgIpc) is 2.85. The molecule has 0 N–H and O–H groups in total. The number of methoxy groups -OCH3 is 1. The van der Waals surface area contributed by atoms with Crippen LogP contribution in [0.15, 0.2) is 17.6 Å². The third-order valence-corrected chi connectivity index (χ3v) is 4.95. The third kappa shape index (κ3) is 2.79. The minimum atomic E-state index is -3.62. The van der Waals surface area contributed by atoms with Crippen molar-refractivity contribution < 1.29 is 17.9 Å². The molecule has 1 atom stereocenters. The molecule has 0 radical (unpaired) electrons. The molecule has 2 rings (SSSR count). The summed E-state index contributed by atoms with van der Waals surface area (Å²) in [6.45, 7) is 0.567. The number of aromatic nitrogens is 2. The number of nitrogens with zero attached hydrogens (tertiary/aromatic N) is 3. The lowest BCUT2D eigenvalue weighted by molar-refractivity contribution is -0.146. The van der Waals surface area contributed by atoms with Gasteiger partial charge in [-0.3, -0.25) is 4.79 Å². The molecule has 1 aliphatic rings. The van der Waals surface area contributed by atoms with Crippen molar-refractivity contribution in [3.8, 4) is 0 Å². The van der Waals surface area contributed by atoms with Crippen LogP contribution in [0, 0.1) is 5.92 Å². The maximum Gasteiger partial charge on any atom is 0.309 e. The van der Waals surface area contributed by atoms with E-state index in [2.05, 4.69) is 9.72 Å². The molecule has 0 amide bonds. The van der Waals surface area contributed by atoms with Gasteiger partial charge in [0.1, 0.15) is 0 Å². The smallest absolute Gasteiger partial charge is 0.309 e. The first kappa shape index (κ1) is 14.0. The summed E-state index contributed by atoms with van der Waals surface area (Å²) in [5.41, 5.74) is 0. The molecule has 7 nitrogen and oxygen atoms in total. The van der Waals surface area contributed by atoms with Crippen LogP contribution in [0.2, 0.25) is 0 Å². The van der Waals surface area contributed by atoms with Crippen molar-refractivity contribution in [3.63, 3.8) is 0 Å². The van der Waals surface area contributed by atoms with E-state index < -0.39 is 15.9 Å². The molecular weight excluding hydrogens is 270 g/mol. The molecule has 1 aromatic rings. The quantitative estimate of drug-likeness (QED) is 0.731. The number of sulfonamides is 1. The second-order valence-electron chi connectivity index (χ2n) is 4.60. The zero-order valence-electron chi connectivity index (χ0n) is 10.9. The van der Waals surface area contributed by atoms with Crippen LogP contribution in [0.4, 0.5) is 0 Å². The Morgan fingerprint density at radius 3 is 2.84 bits per heavy atom. The van der Waals surface area contributed by atoms with E-state index in [0.29, 0.717) is 19.4 Å². The van der Waals surface area contributed by atoms with Crippen molar-refractivity contribution in [2.75, 3.05) is 20.2 Å². The molecule has 1 unspecified atom stereocenters. The molecule has 2 heterocycles. The van der Waals surface area contributed by atoms with Crippen LogP contribution < -0.4 is 0 Å². The van der Waals surface area contributed by atoms with Crippen molar-refractivity contribution in [1.82, 2.24) is 13.9 Å². The van der Waals surface area contributed by atoms with Crippen molar-refractivity contribution in [1.29, 1.82) is 0 Å². The summed E-state index contributed by atoms with van der Waals surface area (Å²) in [5.74, 6) is -0.752. The van der Waals surface area contributed by atoms with E-state index in [4.69, 9.17) is 0 Å². The minimum absolute atomic E-state index is 0.0144. The molecule has 8 heteroatoms. The summed E-state index contributed by atoms with van der Waals surface area (Å²) in [6.07, 6.45) is 4.19. The Kier molecular flexibility index (Phi) is 3.91. The highest BCUT2D eigenvalue weighted by Gasteiger charge is 2.34. The molecule has 0 aliphatic carbocycles. The van der Waals surface area contributed by atoms with Crippen molar-refractivity contribution in [3.05, 3.63) is 12.5 Å². The number of aryl methyl sites for hydroxylation is 1. The Hall–Kier alpha value is -1.41. The van der Waals surface area contributed by atoms with Gasteiger partial charge >= 0.3 is 5.97 Å². The van der Waals surface area contributed by atoms with Crippen LogP contribution in [-0.4, -0.2) is 48.4 Å². The summed E-state index contributed by atoms with van der Waals surface area (Å²) >= 11 is 0. The van der Waals surface area contributed by atoms with E-state index in [1.807, 2.05) is 0 Å². The van der Waals surface area contributed by atoms with Crippen molar-refractivity contribution in [2.45, 2.75) is 17.9 Å². The van der Waals surface area contributed by atoms with Gasteiger partial charge in [0, 0.05) is 26.3 Å². The topological polar surface area (TPSA) is 81.5 Å². The highest BCUT2D eigenvalue weighted by atomic mass is 32.2. The van der Waals surface area contributed by atoms with E-state index in [1.165, 1.54) is 23.9 Å². The molecular formula is C11H17N3O4S. The van der Waals surface area contributed by atoms with E-state index in [9.17, 15) is 13.2 Å². The Bertz CT molecular complexity index is 566. The molecule has 1 fully saturated rings. The first-order chi connectivity index (χ1) is 8.95. The Labute approximate surface area is 112 Å². The number of rotatable bonds is 3. The van der Waals surface area contributed by atoms with Crippen LogP contribution in [0.1, 0.15) is 12.8 Å². The number of piperidine rings is 1. The van der Waals surface area contributed by atoms with Gasteiger partial charge in [-0.15, -0.1) is 0 Å². The van der Waals surface area contributed by atoms with Gasteiger partial charge in [0.25, 0.3) is 10.0 Å². The van der Waals surface area contributed by atoms with E-state index in [1.54, 1.807) is 11.6 Å². The van der Waals surface area contributed by atoms with Crippen molar-refractivity contribution >= 4 is 16.0 Å². The van der Waals surface area contributed by atoms with E-state index in [0.717, 1.165) is 0 Å². The van der Waals surface area contributed by atoms with Crippen LogP contribution in [-0.2, 0) is 26.6 Å². The third-order valence-electron chi connectivity index (χ3n) is 3.20. The molecule has 1 saturated heterocycles. The highest BCUT2D eigenvalue weighted by Crippen LogP contribution is 2.23. The molecule has 0 aromatic carbocycles. The van der Waals surface area contributed by atoms with Gasteiger partial charge in [-0.25, -0.2) is 13.4 Å². The Morgan fingerprint density at radius 1 is 1.53 bits per heavy atom. The maximum atomic E-state index is 12.4. The van der Waals surface area contributed by atoms with Gasteiger partial charge in [0.15, 0.2) is 5.03 Å². The van der Waals surface area contributed by atoms with Crippen LogP contribution >= 0.6 is 0 Å². The lowest BCUT2D eigenvalue weighted by atomic mass is 10.0. The largest absolute Gasteiger partial charge is 0.469 e. The molecule has 1 aromatic heterocycles. The second-order valence-corrected chi connectivity index (χ2v) is 6.49. The lowest BCUT2D eigenvalue weighted by Gasteiger charge is -2.29. The van der Waals surface area contributed by atoms with Gasteiger partial charge in [0.2, 0.25) is 0 Å². The number of hydrogen-bond acceptors (Lipinski definition) is 5. The Morgan fingerprint density at radius 2 is 2.26 bits per heavy atom. The maximum absolute atomic E-state index is 12.4. The zero-order valence-corrected chi connectivity index (χ0v) is 11.8. The van der Waals surface area contributed by atoms with Crippen LogP contribution in [0.5, 0.6) is 0 Å². The predicted molar refractivity (Wildman–Crippen MR) is 66.7 cm³/mol. The monoisotopic (exact) mass is 287 g/mol. The van der Waals surface area contributed by atoms with Crippen LogP contribution in [0.3, 0.4) is 0 Å². The Balaban J connectivity index is 2.19. The molecule has 19 heavy (non-hydrogen) atoms. The SMILES string of the molecule is COC(=O)C1CCCN(S(=O)(=O)c2cn(C)cn2)C1. The van der Waals surface area contributed by atoms with E-state index >= 15 is 0 Å². The summed E-state index contributed by atoms with van der Waals surface area (Å²) in [5, 5.41) is 0.0144. The average molecular weight is 287 g/mol. The molecule has 0 spiro atoms. The first-order valence-corrected chi connectivity index (χ1v) is 7.45. The molecule has 1 aliphatic heterocycles. The highest BCUT2D eigenvalue weighted by molar-refractivity contribution is 7.89. The minimum Gasteiger partial charge on any atom is -0.469 e. The lowest BCUT2D eigenvalue weighted by Crippen LogP contribution is -2.42. The van der Waals surface area contributed by atoms with Gasteiger partial charge in [-0.05, 0) is 12.8 Å². The first-order valence-electron chi connectivity index (χ1n) is 6.01. The summed E-state index contributed by atoms with van der Waals surface area (Å²) < 4.78 is 32.3. The number of ether oxygens (including phenoxy) is 1. The number of carbonyl (C=O) groups is 1. The van der Waals surface area contributed by atoms with Crippen molar-refractivity contribution in [2.24, 2.45) is 13.0 Å². The van der Waals surface area contributed by atoms with E-state index in [-0.39, 0.29) is 17.5 Å². The normalized spacial score (nSPS) is 21.3. The number of esters is 1. The molecule has 0 bridgehead atoms. The summed E-state index contributed by atoms with van der Waals surface area (Å²) in [6, 6.07) is 0. The number of hydrogen-bond donors (Lipinski definition) is 0. The standard InChI is InChI=1S/C11H17N3O4S/c1-13-7-10(12-8-13)19(16,17)14-5-3-4-9(6-14)11(15)18-2/h7-9H,3-6H2,1-2H3. The fraction of sp³-hybridized carbons (Fsp3) is 0.636. The van der Waals surface area contributed by atoms with Gasteiger partial charge in [0.05, 0.1) is 19.4 Å².